The van der Waals surface area contributed by atoms with Gasteiger partial charge in [-0.15, -0.1) is 0 Å². The fourth-order valence-electron chi connectivity index (χ4n) is 1.41. The van der Waals surface area contributed by atoms with Crippen molar-refractivity contribution in [1.82, 2.24) is 4.98 Å². The summed E-state index contributed by atoms with van der Waals surface area (Å²) in [5.41, 5.74) is 0.834. The minimum Gasteiger partial charge on any atom is -0.389 e. The molecule has 4 heteroatoms. The van der Waals surface area contributed by atoms with Crippen LogP contribution in [0.15, 0.2) is 18.3 Å². The standard InChI is InChI=1S/C13H22N2O2/c1-10(2)17-8-7-15(4)13-6-5-12(9-14-13)11(3)16/h5-6,9-11,16H,7-8H2,1-4H3. The summed E-state index contributed by atoms with van der Waals surface area (Å²) in [6.45, 7) is 7.27. The molecule has 0 saturated carbocycles. The molecule has 1 rings (SSSR count). The molecule has 17 heavy (non-hydrogen) atoms. The van der Waals surface area contributed by atoms with Crippen LogP contribution in [0.1, 0.15) is 32.4 Å². The van der Waals surface area contributed by atoms with Crippen molar-refractivity contribution in [2.75, 3.05) is 25.1 Å². The number of rotatable bonds is 6. The molecule has 4 nitrogen and oxygen atoms in total. The molecule has 0 spiro atoms. The van der Waals surface area contributed by atoms with Crippen molar-refractivity contribution in [3.63, 3.8) is 0 Å². The zero-order chi connectivity index (χ0) is 12.8. The lowest BCUT2D eigenvalue weighted by Crippen LogP contribution is -2.24. The van der Waals surface area contributed by atoms with E-state index in [0.717, 1.165) is 17.9 Å². The second-order valence-corrected chi connectivity index (χ2v) is 4.47. The highest BCUT2D eigenvalue weighted by atomic mass is 16.5. The van der Waals surface area contributed by atoms with E-state index in [9.17, 15) is 5.11 Å². The van der Waals surface area contributed by atoms with E-state index in [1.165, 1.54) is 0 Å². The van der Waals surface area contributed by atoms with Gasteiger partial charge in [-0.05, 0) is 32.4 Å². The second kappa shape index (κ2) is 6.57. The molecule has 0 fully saturated rings. The SMILES string of the molecule is CC(C)OCCN(C)c1ccc(C(C)O)cn1. The minimum atomic E-state index is -0.467. The third-order valence-corrected chi connectivity index (χ3v) is 2.52. The molecule has 0 bridgehead atoms. The topological polar surface area (TPSA) is 45.6 Å². The van der Waals surface area contributed by atoms with E-state index in [2.05, 4.69) is 4.98 Å². The first-order chi connectivity index (χ1) is 8.00. The summed E-state index contributed by atoms with van der Waals surface area (Å²) in [4.78, 5) is 6.34. The van der Waals surface area contributed by atoms with Crippen molar-refractivity contribution in [2.24, 2.45) is 0 Å². The number of anilines is 1. The molecule has 1 aromatic heterocycles. The number of pyridine rings is 1. The highest BCUT2D eigenvalue weighted by molar-refractivity contribution is 5.38. The third kappa shape index (κ3) is 4.71. The lowest BCUT2D eigenvalue weighted by molar-refractivity contribution is 0.0845. The second-order valence-electron chi connectivity index (χ2n) is 4.47. The van der Waals surface area contributed by atoms with Gasteiger partial charge in [0, 0.05) is 19.8 Å². The number of hydrogen-bond donors (Lipinski definition) is 1. The first kappa shape index (κ1) is 13.9. The van der Waals surface area contributed by atoms with E-state index in [1.807, 2.05) is 37.9 Å². The van der Waals surface area contributed by atoms with Crippen LogP contribution in [0.5, 0.6) is 0 Å². The summed E-state index contributed by atoms with van der Waals surface area (Å²) in [7, 11) is 1.98. The van der Waals surface area contributed by atoms with Crippen LogP contribution in [-0.2, 0) is 4.74 Å². The largest absolute Gasteiger partial charge is 0.389 e. The molecule has 1 N–H and O–H groups in total. The van der Waals surface area contributed by atoms with E-state index in [0.29, 0.717) is 6.61 Å². The molecule has 0 aliphatic carbocycles. The van der Waals surface area contributed by atoms with Gasteiger partial charge in [0.1, 0.15) is 5.82 Å². The summed E-state index contributed by atoms with van der Waals surface area (Å²) in [6, 6.07) is 3.81. The van der Waals surface area contributed by atoms with Gasteiger partial charge < -0.3 is 14.7 Å². The monoisotopic (exact) mass is 238 g/mol. The predicted octanol–water partition coefficient (Wildman–Crippen LogP) is 2.00. The van der Waals surface area contributed by atoms with E-state index < -0.39 is 6.10 Å². The fourth-order valence-corrected chi connectivity index (χ4v) is 1.41. The quantitative estimate of drug-likeness (QED) is 0.823. The molecule has 0 saturated heterocycles. The predicted molar refractivity (Wildman–Crippen MR) is 69.2 cm³/mol. The van der Waals surface area contributed by atoms with E-state index >= 15 is 0 Å². The van der Waals surface area contributed by atoms with Crippen LogP contribution in [0.25, 0.3) is 0 Å². The van der Waals surface area contributed by atoms with Crippen LogP contribution in [0.2, 0.25) is 0 Å². The lowest BCUT2D eigenvalue weighted by Gasteiger charge is -2.19. The van der Waals surface area contributed by atoms with Gasteiger partial charge >= 0.3 is 0 Å². The molecule has 0 radical (unpaired) electrons. The molecular weight excluding hydrogens is 216 g/mol. The number of likely N-dealkylation sites (N-methyl/N-ethyl adjacent to an activating group) is 1. The maximum atomic E-state index is 9.38. The van der Waals surface area contributed by atoms with Crippen LogP contribution in [0.4, 0.5) is 5.82 Å². The number of nitrogens with zero attached hydrogens (tertiary/aromatic N) is 2. The van der Waals surface area contributed by atoms with Crippen LogP contribution >= 0.6 is 0 Å². The van der Waals surface area contributed by atoms with Crippen molar-refractivity contribution < 1.29 is 9.84 Å². The third-order valence-electron chi connectivity index (χ3n) is 2.52. The van der Waals surface area contributed by atoms with Crippen molar-refractivity contribution in [3.8, 4) is 0 Å². The van der Waals surface area contributed by atoms with Gasteiger partial charge in [-0.1, -0.05) is 6.07 Å². The van der Waals surface area contributed by atoms with Crippen molar-refractivity contribution >= 4 is 5.82 Å². The highest BCUT2D eigenvalue weighted by Crippen LogP contribution is 2.14. The summed E-state index contributed by atoms with van der Waals surface area (Å²) < 4.78 is 5.49. The minimum absolute atomic E-state index is 0.258. The summed E-state index contributed by atoms with van der Waals surface area (Å²) in [5, 5.41) is 9.38. The van der Waals surface area contributed by atoms with Gasteiger partial charge in [-0.2, -0.15) is 0 Å². The molecule has 0 aliphatic heterocycles. The Morgan fingerprint density at radius 3 is 2.53 bits per heavy atom. The Kier molecular flexibility index (Phi) is 5.38. The van der Waals surface area contributed by atoms with Gasteiger partial charge in [-0.3, -0.25) is 0 Å². The Balaban J connectivity index is 2.48. The Morgan fingerprint density at radius 2 is 2.06 bits per heavy atom. The molecule has 0 aliphatic rings. The first-order valence-corrected chi connectivity index (χ1v) is 5.97. The molecule has 1 unspecified atom stereocenters. The summed E-state index contributed by atoms with van der Waals surface area (Å²) in [5.74, 6) is 0.891. The van der Waals surface area contributed by atoms with E-state index in [4.69, 9.17) is 4.74 Å². The van der Waals surface area contributed by atoms with Crippen LogP contribution in [0, 0.1) is 0 Å². The number of ether oxygens (including phenoxy) is 1. The smallest absolute Gasteiger partial charge is 0.128 e. The zero-order valence-corrected chi connectivity index (χ0v) is 11.1. The average molecular weight is 238 g/mol. The molecule has 1 heterocycles. The summed E-state index contributed by atoms with van der Waals surface area (Å²) in [6.07, 6.45) is 1.50. The van der Waals surface area contributed by atoms with Crippen molar-refractivity contribution in [3.05, 3.63) is 23.9 Å². The number of aliphatic hydroxyl groups excluding tert-OH is 1. The molecule has 1 aromatic rings. The number of hydrogen-bond acceptors (Lipinski definition) is 4. The Labute approximate surface area is 103 Å². The van der Waals surface area contributed by atoms with Gasteiger partial charge in [0.05, 0.1) is 18.8 Å². The summed E-state index contributed by atoms with van der Waals surface area (Å²) >= 11 is 0. The molecule has 0 amide bonds. The number of aliphatic hydroxyl groups is 1. The fraction of sp³-hybridized carbons (Fsp3) is 0.615. The van der Waals surface area contributed by atoms with Gasteiger partial charge in [0.2, 0.25) is 0 Å². The Morgan fingerprint density at radius 1 is 1.35 bits per heavy atom. The first-order valence-electron chi connectivity index (χ1n) is 5.97. The molecule has 0 aromatic carbocycles. The highest BCUT2D eigenvalue weighted by Gasteiger charge is 2.05. The van der Waals surface area contributed by atoms with Gasteiger partial charge in [0.15, 0.2) is 0 Å². The molecule has 1 atom stereocenters. The van der Waals surface area contributed by atoms with Crippen molar-refractivity contribution in [2.45, 2.75) is 33.0 Å². The molecular formula is C13H22N2O2. The van der Waals surface area contributed by atoms with Crippen LogP contribution in [-0.4, -0.2) is 36.4 Å². The normalized spacial score (nSPS) is 12.8. The van der Waals surface area contributed by atoms with E-state index in [1.54, 1.807) is 13.1 Å². The number of aromatic nitrogens is 1. The van der Waals surface area contributed by atoms with Crippen molar-refractivity contribution in [1.29, 1.82) is 0 Å². The van der Waals surface area contributed by atoms with Gasteiger partial charge in [-0.25, -0.2) is 4.98 Å². The van der Waals surface area contributed by atoms with Crippen LogP contribution in [0.3, 0.4) is 0 Å². The van der Waals surface area contributed by atoms with Crippen LogP contribution < -0.4 is 4.90 Å². The maximum Gasteiger partial charge on any atom is 0.128 e. The van der Waals surface area contributed by atoms with E-state index in [-0.39, 0.29) is 6.10 Å². The lowest BCUT2D eigenvalue weighted by atomic mass is 10.2. The zero-order valence-electron chi connectivity index (χ0n) is 11.1. The average Bonchev–Trinajstić information content (AvgIpc) is 2.28. The Hall–Kier alpha value is -1.13. The van der Waals surface area contributed by atoms with Gasteiger partial charge in [0.25, 0.3) is 0 Å². The Bertz CT molecular complexity index is 323. The molecule has 96 valence electrons. The maximum absolute atomic E-state index is 9.38.